The van der Waals surface area contributed by atoms with Crippen LogP contribution < -0.4 is 25.3 Å². The molecule has 158 valence electrons. The lowest BCUT2D eigenvalue weighted by Crippen LogP contribution is -2.41. The van der Waals surface area contributed by atoms with Crippen molar-refractivity contribution < 1.29 is 27.4 Å². The minimum atomic E-state index is -4.72. The average molecular weight is 420 g/mol. The Bertz CT molecular complexity index is 988. The number of hydrogen-bond donors (Lipinski definition) is 2. The van der Waals surface area contributed by atoms with Gasteiger partial charge in [-0.3, -0.25) is 4.57 Å². The van der Waals surface area contributed by atoms with Crippen molar-refractivity contribution in [3.8, 4) is 23.3 Å². The molecule has 4 rings (SSSR count). The molecule has 0 unspecified atom stereocenters. The van der Waals surface area contributed by atoms with Crippen molar-refractivity contribution >= 4 is 5.82 Å². The molecule has 2 heterocycles. The van der Waals surface area contributed by atoms with Gasteiger partial charge in [-0.25, -0.2) is 0 Å². The Morgan fingerprint density at radius 1 is 1.07 bits per heavy atom. The minimum Gasteiger partial charge on any atom is -0.463 e. The SMILES string of the molecule is Nc1cn2c(n1)OC[C@@H](NCc1ccc(Oc3ccc(OC(F)(F)F)cc3)cc1)C2. The van der Waals surface area contributed by atoms with E-state index in [1.54, 1.807) is 18.3 Å². The van der Waals surface area contributed by atoms with Gasteiger partial charge >= 0.3 is 6.36 Å². The fourth-order valence-electron chi connectivity index (χ4n) is 3.04. The quantitative estimate of drug-likeness (QED) is 0.633. The average Bonchev–Trinajstić information content (AvgIpc) is 3.07. The summed E-state index contributed by atoms with van der Waals surface area (Å²) in [5, 5.41) is 3.42. The van der Waals surface area contributed by atoms with Crippen molar-refractivity contribution in [3.05, 3.63) is 60.3 Å². The fraction of sp³-hybridized carbons (Fsp3) is 0.250. The number of halogens is 3. The zero-order chi connectivity index (χ0) is 21.1. The van der Waals surface area contributed by atoms with Gasteiger partial charge in [0.05, 0.1) is 12.2 Å². The molecule has 1 aromatic heterocycles. The number of anilines is 1. The van der Waals surface area contributed by atoms with Crippen LogP contribution in [0.5, 0.6) is 23.3 Å². The first kappa shape index (κ1) is 19.9. The number of hydrogen-bond acceptors (Lipinski definition) is 6. The lowest BCUT2D eigenvalue weighted by molar-refractivity contribution is -0.274. The van der Waals surface area contributed by atoms with Crippen molar-refractivity contribution in [2.45, 2.75) is 25.5 Å². The third kappa shape index (κ3) is 5.15. The molecule has 0 aliphatic carbocycles. The topological polar surface area (TPSA) is 83.6 Å². The van der Waals surface area contributed by atoms with E-state index in [0.29, 0.717) is 36.5 Å². The summed E-state index contributed by atoms with van der Waals surface area (Å²) in [6.45, 7) is 1.86. The molecule has 3 N–H and O–H groups in total. The van der Waals surface area contributed by atoms with Gasteiger partial charge in [-0.1, -0.05) is 12.1 Å². The molecule has 30 heavy (non-hydrogen) atoms. The lowest BCUT2D eigenvalue weighted by atomic mass is 10.2. The van der Waals surface area contributed by atoms with Crippen LogP contribution in [0.4, 0.5) is 19.0 Å². The number of rotatable bonds is 6. The molecule has 0 saturated carbocycles. The number of nitrogens with two attached hydrogens (primary N) is 1. The molecule has 7 nitrogen and oxygen atoms in total. The fourth-order valence-corrected chi connectivity index (χ4v) is 3.04. The maximum absolute atomic E-state index is 12.2. The van der Waals surface area contributed by atoms with Crippen molar-refractivity contribution in [2.75, 3.05) is 12.3 Å². The number of nitrogens with zero attached hydrogens (tertiary/aromatic N) is 2. The summed E-state index contributed by atoms with van der Waals surface area (Å²) < 4.78 is 53.6. The van der Waals surface area contributed by atoms with E-state index in [4.69, 9.17) is 15.2 Å². The van der Waals surface area contributed by atoms with Gasteiger partial charge in [0.25, 0.3) is 6.01 Å². The van der Waals surface area contributed by atoms with Gasteiger partial charge in [0.1, 0.15) is 29.7 Å². The van der Waals surface area contributed by atoms with E-state index in [2.05, 4.69) is 15.0 Å². The van der Waals surface area contributed by atoms with Crippen LogP contribution in [0.3, 0.4) is 0 Å². The Balaban J connectivity index is 1.28. The Morgan fingerprint density at radius 2 is 1.70 bits per heavy atom. The van der Waals surface area contributed by atoms with Crippen molar-refractivity contribution in [1.82, 2.24) is 14.9 Å². The molecular formula is C20H19F3N4O3. The maximum Gasteiger partial charge on any atom is 0.573 e. The number of aromatic nitrogens is 2. The van der Waals surface area contributed by atoms with Crippen LogP contribution in [0.25, 0.3) is 0 Å². The smallest absolute Gasteiger partial charge is 0.463 e. The van der Waals surface area contributed by atoms with E-state index in [9.17, 15) is 13.2 Å². The number of nitrogen functional groups attached to an aromatic ring is 1. The van der Waals surface area contributed by atoms with Crippen LogP contribution in [-0.2, 0) is 13.1 Å². The summed E-state index contributed by atoms with van der Waals surface area (Å²) in [4.78, 5) is 4.09. The van der Waals surface area contributed by atoms with E-state index in [1.165, 1.54) is 24.3 Å². The molecular weight excluding hydrogens is 401 g/mol. The van der Waals surface area contributed by atoms with Crippen LogP contribution >= 0.6 is 0 Å². The van der Waals surface area contributed by atoms with Crippen LogP contribution in [0.15, 0.2) is 54.7 Å². The first-order chi connectivity index (χ1) is 14.3. The highest BCUT2D eigenvalue weighted by Crippen LogP contribution is 2.27. The van der Waals surface area contributed by atoms with Gasteiger partial charge in [-0.2, -0.15) is 4.98 Å². The number of imidazole rings is 1. The van der Waals surface area contributed by atoms with Gasteiger partial charge in [0.15, 0.2) is 0 Å². The lowest BCUT2D eigenvalue weighted by Gasteiger charge is -2.24. The summed E-state index contributed by atoms with van der Waals surface area (Å²) in [5.41, 5.74) is 6.72. The molecule has 2 aromatic carbocycles. The highest BCUT2D eigenvalue weighted by atomic mass is 19.4. The highest BCUT2D eigenvalue weighted by molar-refractivity contribution is 5.36. The van der Waals surface area contributed by atoms with E-state index in [-0.39, 0.29) is 11.8 Å². The number of benzene rings is 2. The molecule has 0 saturated heterocycles. The van der Waals surface area contributed by atoms with Crippen molar-refractivity contribution in [2.24, 2.45) is 0 Å². The molecule has 1 atom stereocenters. The van der Waals surface area contributed by atoms with Gasteiger partial charge in [-0.05, 0) is 42.0 Å². The summed E-state index contributed by atoms with van der Waals surface area (Å²) >= 11 is 0. The van der Waals surface area contributed by atoms with E-state index >= 15 is 0 Å². The molecule has 0 fully saturated rings. The second-order valence-electron chi connectivity index (χ2n) is 6.75. The molecule has 10 heteroatoms. The predicted molar refractivity (Wildman–Crippen MR) is 102 cm³/mol. The normalized spacial score (nSPS) is 15.9. The van der Waals surface area contributed by atoms with E-state index < -0.39 is 6.36 Å². The zero-order valence-electron chi connectivity index (χ0n) is 15.7. The summed E-state index contributed by atoms with van der Waals surface area (Å²) in [5.74, 6) is 1.12. The van der Waals surface area contributed by atoms with Gasteiger partial charge in [0.2, 0.25) is 0 Å². The molecule has 0 spiro atoms. The number of ether oxygens (including phenoxy) is 3. The van der Waals surface area contributed by atoms with Crippen LogP contribution in [-0.4, -0.2) is 28.6 Å². The minimum absolute atomic E-state index is 0.124. The largest absolute Gasteiger partial charge is 0.573 e. The summed E-state index contributed by atoms with van der Waals surface area (Å²) in [6, 6.07) is 13.3. The predicted octanol–water partition coefficient (Wildman–Crippen LogP) is 3.71. The van der Waals surface area contributed by atoms with Gasteiger partial charge in [-0.15, -0.1) is 13.2 Å². The monoisotopic (exact) mass is 420 g/mol. The molecule has 1 aliphatic heterocycles. The Kier molecular flexibility index (Phi) is 5.40. The number of nitrogens with one attached hydrogen (secondary N) is 1. The van der Waals surface area contributed by atoms with Crippen LogP contribution in [0.1, 0.15) is 5.56 Å². The second kappa shape index (κ2) is 8.15. The standard InChI is InChI=1S/C20H19F3N4O3/c21-20(22,23)30-17-7-5-16(6-8-17)29-15-3-1-13(2-4-15)9-25-14-10-27-11-18(24)26-19(27)28-12-14/h1-8,11,14,25H,9-10,12,24H2/t14-/m0/s1. The number of alkyl halides is 3. The maximum atomic E-state index is 12.2. The zero-order valence-corrected chi connectivity index (χ0v) is 15.7. The first-order valence-corrected chi connectivity index (χ1v) is 9.15. The summed E-state index contributed by atoms with van der Waals surface area (Å²) in [6.07, 6.45) is -2.97. The van der Waals surface area contributed by atoms with Crippen molar-refractivity contribution in [1.29, 1.82) is 0 Å². The molecule has 1 aliphatic rings. The highest BCUT2D eigenvalue weighted by Gasteiger charge is 2.31. The van der Waals surface area contributed by atoms with Gasteiger partial charge < -0.3 is 25.3 Å². The number of fused-ring (bicyclic) bond motifs is 1. The molecule has 0 bridgehead atoms. The van der Waals surface area contributed by atoms with Crippen LogP contribution in [0.2, 0.25) is 0 Å². The molecule has 3 aromatic rings. The molecule has 0 amide bonds. The Morgan fingerprint density at radius 3 is 2.37 bits per heavy atom. The van der Waals surface area contributed by atoms with E-state index in [0.717, 1.165) is 12.1 Å². The third-order valence-corrected chi connectivity index (χ3v) is 4.40. The summed E-state index contributed by atoms with van der Waals surface area (Å²) in [7, 11) is 0. The molecule has 0 radical (unpaired) electrons. The second-order valence-corrected chi connectivity index (χ2v) is 6.75. The van der Waals surface area contributed by atoms with Crippen LogP contribution in [0, 0.1) is 0 Å². The third-order valence-electron chi connectivity index (χ3n) is 4.40. The van der Waals surface area contributed by atoms with Gasteiger partial charge in [0, 0.05) is 13.1 Å². The Hall–Kier alpha value is -3.40. The first-order valence-electron chi connectivity index (χ1n) is 9.15. The van der Waals surface area contributed by atoms with E-state index in [1.807, 2.05) is 16.7 Å². The van der Waals surface area contributed by atoms with Crippen molar-refractivity contribution in [3.63, 3.8) is 0 Å². The Labute approximate surface area is 170 Å².